The van der Waals surface area contributed by atoms with Crippen molar-refractivity contribution in [3.8, 4) is 16.9 Å². The fourth-order valence-electron chi connectivity index (χ4n) is 4.35. The molecule has 1 atom stereocenters. The van der Waals surface area contributed by atoms with Gasteiger partial charge in [0.05, 0.1) is 13.2 Å². The number of carbonyl (C=O) groups excluding carboxylic acids is 1. The number of amides is 1. The average Bonchev–Trinajstić information content (AvgIpc) is 2.84. The highest BCUT2D eigenvalue weighted by Crippen LogP contribution is 2.31. The average molecular weight is 451 g/mol. The number of nitrogens with one attached hydrogen (secondary N) is 1. The zero-order valence-electron chi connectivity index (χ0n) is 18.7. The summed E-state index contributed by atoms with van der Waals surface area (Å²) in [5.41, 5.74) is 3.12. The highest BCUT2D eigenvalue weighted by Gasteiger charge is 2.28. The molecule has 0 aliphatic carbocycles. The van der Waals surface area contributed by atoms with Crippen LogP contribution in [0.2, 0.25) is 0 Å². The first-order chi connectivity index (χ1) is 16.0. The van der Waals surface area contributed by atoms with E-state index in [0.29, 0.717) is 23.4 Å². The van der Waals surface area contributed by atoms with E-state index in [0.717, 1.165) is 36.9 Å². The first-order valence-corrected chi connectivity index (χ1v) is 11.2. The van der Waals surface area contributed by atoms with Crippen LogP contribution in [0.1, 0.15) is 30.4 Å². The Morgan fingerprint density at radius 3 is 2.61 bits per heavy atom. The first-order valence-electron chi connectivity index (χ1n) is 11.2. The number of likely N-dealkylation sites (tertiary alicyclic amines) is 1. The normalized spacial score (nSPS) is 16.4. The van der Waals surface area contributed by atoms with E-state index in [1.165, 1.54) is 18.2 Å². The maximum absolute atomic E-state index is 13.9. The molecule has 4 rings (SSSR count). The highest BCUT2D eigenvalue weighted by atomic mass is 19.1. The third-order valence-corrected chi connectivity index (χ3v) is 6.14. The van der Waals surface area contributed by atoms with Gasteiger partial charge in [-0.3, -0.25) is 9.69 Å². The molecule has 172 valence electrons. The summed E-state index contributed by atoms with van der Waals surface area (Å²) in [6.45, 7) is 1.65. The molecule has 1 saturated heterocycles. The number of hydrogen-bond acceptors (Lipinski definition) is 3. The smallest absolute Gasteiger partial charge is 0.237 e. The molecule has 1 aliphatic heterocycles. The maximum atomic E-state index is 13.9. The van der Waals surface area contributed by atoms with Gasteiger partial charge in [-0.15, -0.1) is 0 Å². The Balaban J connectivity index is 1.43. The van der Waals surface area contributed by atoms with Gasteiger partial charge in [-0.05, 0) is 54.8 Å². The minimum Gasteiger partial charge on any atom is -0.496 e. The van der Waals surface area contributed by atoms with Crippen LogP contribution in [0.15, 0.2) is 66.7 Å². The summed E-state index contributed by atoms with van der Waals surface area (Å²) in [4.78, 5) is 15.1. The Hall–Kier alpha value is -3.25. The number of benzene rings is 3. The van der Waals surface area contributed by atoms with Crippen LogP contribution in [0.3, 0.4) is 0 Å². The van der Waals surface area contributed by atoms with Crippen LogP contribution in [0.4, 0.5) is 8.78 Å². The summed E-state index contributed by atoms with van der Waals surface area (Å²) in [5, 5.41) is 2.90. The molecule has 1 aliphatic rings. The molecule has 3 aromatic carbocycles. The molecule has 0 radical (unpaired) electrons. The molecule has 6 heteroatoms. The van der Waals surface area contributed by atoms with Crippen molar-refractivity contribution in [1.29, 1.82) is 0 Å². The molecule has 3 aromatic rings. The standard InChI is InChI=1S/C27H28F2N2O2/c1-33-26-14-13-22(28)16-23(26)20-11-9-19(10-12-20)18-31-15-5-4-8-25(31)27(32)30-17-21-6-2-3-7-24(21)29/h2-3,6-7,9-14,16,25H,4-5,8,15,17-18H2,1H3,(H,30,32). The van der Waals surface area contributed by atoms with Gasteiger partial charge in [0, 0.05) is 24.2 Å². The molecule has 0 aromatic heterocycles. The van der Waals surface area contributed by atoms with Gasteiger partial charge in [-0.1, -0.05) is 48.9 Å². The number of hydrogen-bond donors (Lipinski definition) is 1. The predicted molar refractivity (Wildman–Crippen MR) is 125 cm³/mol. The molecular weight excluding hydrogens is 422 g/mol. The van der Waals surface area contributed by atoms with Gasteiger partial charge in [0.25, 0.3) is 0 Å². The summed E-state index contributed by atoms with van der Waals surface area (Å²) in [7, 11) is 1.57. The summed E-state index contributed by atoms with van der Waals surface area (Å²) in [6.07, 6.45) is 2.81. The van der Waals surface area contributed by atoms with E-state index in [2.05, 4.69) is 10.2 Å². The number of ether oxygens (including phenoxy) is 1. The second kappa shape index (κ2) is 10.6. The van der Waals surface area contributed by atoms with Gasteiger partial charge in [-0.25, -0.2) is 8.78 Å². The van der Waals surface area contributed by atoms with Crippen molar-refractivity contribution in [2.45, 2.75) is 38.4 Å². The molecule has 1 heterocycles. The van der Waals surface area contributed by atoms with Crippen molar-refractivity contribution in [3.63, 3.8) is 0 Å². The van der Waals surface area contributed by atoms with Gasteiger partial charge in [0.15, 0.2) is 0 Å². The van der Waals surface area contributed by atoms with Crippen molar-refractivity contribution in [2.75, 3.05) is 13.7 Å². The van der Waals surface area contributed by atoms with Crippen LogP contribution in [0.25, 0.3) is 11.1 Å². The third-order valence-electron chi connectivity index (χ3n) is 6.14. The number of rotatable bonds is 7. The maximum Gasteiger partial charge on any atom is 0.237 e. The summed E-state index contributed by atoms with van der Waals surface area (Å²) in [5.74, 6) is -0.0772. The van der Waals surface area contributed by atoms with Gasteiger partial charge in [0.1, 0.15) is 17.4 Å². The molecule has 1 fully saturated rings. The minimum atomic E-state index is -0.313. The zero-order chi connectivity index (χ0) is 23.2. The monoisotopic (exact) mass is 450 g/mol. The Kier molecular flexibility index (Phi) is 7.35. The number of piperidine rings is 1. The lowest BCUT2D eigenvalue weighted by Crippen LogP contribution is -2.48. The second-order valence-corrected chi connectivity index (χ2v) is 8.33. The van der Waals surface area contributed by atoms with Crippen molar-refractivity contribution in [2.24, 2.45) is 0 Å². The summed E-state index contributed by atoms with van der Waals surface area (Å²) >= 11 is 0. The molecule has 0 bridgehead atoms. The van der Waals surface area contributed by atoms with Gasteiger partial charge in [-0.2, -0.15) is 0 Å². The van der Waals surface area contributed by atoms with Crippen LogP contribution < -0.4 is 10.1 Å². The largest absolute Gasteiger partial charge is 0.496 e. The van der Waals surface area contributed by atoms with E-state index in [1.807, 2.05) is 24.3 Å². The predicted octanol–water partition coefficient (Wildman–Crippen LogP) is 5.31. The fourth-order valence-corrected chi connectivity index (χ4v) is 4.35. The number of methoxy groups -OCH3 is 1. The second-order valence-electron chi connectivity index (χ2n) is 8.33. The Morgan fingerprint density at radius 2 is 1.85 bits per heavy atom. The van der Waals surface area contributed by atoms with Crippen LogP contribution in [0, 0.1) is 11.6 Å². The van der Waals surface area contributed by atoms with Crippen LogP contribution in [0.5, 0.6) is 5.75 Å². The molecule has 4 nitrogen and oxygen atoms in total. The van der Waals surface area contributed by atoms with E-state index >= 15 is 0 Å². The van der Waals surface area contributed by atoms with Gasteiger partial charge >= 0.3 is 0 Å². The third kappa shape index (κ3) is 5.57. The lowest BCUT2D eigenvalue weighted by atomic mass is 9.99. The van der Waals surface area contributed by atoms with Gasteiger partial charge in [0.2, 0.25) is 5.91 Å². The van der Waals surface area contributed by atoms with Crippen molar-refractivity contribution < 1.29 is 18.3 Å². The number of carbonyl (C=O) groups is 1. The van der Waals surface area contributed by atoms with E-state index in [1.54, 1.807) is 31.4 Å². The first kappa shape index (κ1) is 22.9. The fraction of sp³-hybridized carbons (Fsp3) is 0.296. The van der Waals surface area contributed by atoms with Crippen molar-refractivity contribution in [3.05, 3.63) is 89.5 Å². The van der Waals surface area contributed by atoms with Crippen molar-refractivity contribution in [1.82, 2.24) is 10.2 Å². The molecule has 33 heavy (non-hydrogen) atoms. The molecule has 1 N–H and O–H groups in total. The van der Waals surface area contributed by atoms with Crippen LogP contribution in [-0.2, 0) is 17.9 Å². The van der Waals surface area contributed by atoms with Crippen molar-refractivity contribution >= 4 is 5.91 Å². The topological polar surface area (TPSA) is 41.6 Å². The number of nitrogens with zero attached hydrogens (tertiary/aromatic N) is 1. The Morgan fingerprint density at radius 1 is 1.06 bits per heavy atom. The minimum absolute atomic E-state index is 0.0703. The summed E-state index contributed by atoms with van der Waals surface area (Å²) in [6, 6.07) is 18.6. The molecule has 1 amide bonds. The Bertz CT molecular complexity index is 1100. The van der Waals surface area contributed by atoms with Crippen LogP contribution >= 0.6 is 0 Å². The van der Waals surface area contributed by atoms with E-state index in [-0.39, 0.29) is 30.1 Å². The molecule has 1 unspecified atom stereocenters. The quantitative estimate of drug-likeness (QED) is 0.530. The van der Waals surface area contributed by atoms with E-state index in [9.17, 15) is 13.6 Å². The summed E-state index contributed by atoms with van der Waals surface area (Å²) < 4.78 is 33.0. The van der Waals surface area contributed by atoms with E-state index < -0.39 is 0 Å². The Labute approximate surface area is 193 Å². The highest BCUT2D eigenvalue weighted by molar-refractivity contribution is 5.81. The lowest BCUT2D eigenvalue weighted by Gasteiger charge is -2.34. The molecule has 0 spiro atoms. The molecule has 0 saturated carbocycles. The zero-order valence-corrected chi connectivity index (χ0v) is 18.7. The molecular formula is C27H28F2N2O2. The lowest BCUT2D eigenvalue weighted by molar-refractivity contribution is -0.128. The van der Waals surface area contributed by atoms with E-state index in [4.69, 9.17) is 4.74 Å². The number of halogens is 2. The van der Waals surface area contributed by atoms with Crippen LogP contribution in [-0.4, -0.2) is 30.5 Å². The SMILES string of the molecule is COc1ccc(F)cc1-c1ccc(CN2CCCCC2C(=O)NCc2ccccc2F)cc1. The van der Waals surface area contributed by atoms with Gasteiger partial charge < -0.3 is 10.1 Å².